The molecule has 2 heterocycles. The maximum atomic E-state index is 6.74. The summed E-state index contributed by atoms with van der Waals surface area (Å²) in [6.45, 7) is 0. The molecule has 3 heteroatoms. The number of benzene rings is 10. The molecule has 12 rings (SSSR count). The minimum atomic E-state index is 0.874. The lowest BCUT2D eigenvalue weighted by atomic mass is 9.92. The van der Waals surface area contributed by atoms with Crippen LogP contribution in [-0.2, 0) is 0 Å². The van der Waals surface area contributed by atoms with Crippen molar-refractivity contribution in [3.8, 4) is 50.2 Å². The van der Waals surface area contributed by atoms with Crippen molar-refractivity contribution >= 4 is 60.8 Å². The maximum absolute atomic E-state index is 6.74. The second-order valence-corrected chi connectivity index (χ2v) is 16.0. The average Bonchev–Trinajstić information content (AvgIpc) is 3.91. The van der Waals surface area contributed by atoms with Crippen LogP contribution in [0.4, 0.5) is 17.1 Å². The molecule has 10 aromatic carbocycles. The maximum Gasteiger partial charge on any atom is 0.143 e. The number of nitrogens with zero attached hydrogens (tertiary/aromatic N) is 2. The van der Waals surface area contributed by atoms with Crippen molar-refractivity contribution in [3.63, 3.8) is 0 Å². The Morgan fingerprint density at radius 2 is 0.714 bits per heavy atom. The van der Waals surface area contributed by atoms with Crippen LogP contribution < -0.4 is 4.90 Å². The van der Waals surface area contributed by atoms with Crippen LogP contribution >= 0.6 is 0 Å². The fraction of sp³-hybridized carbons (Fsp3) is 0. The first kappa shape index (κ1) is 36.5. The van der Waals surface area contributed by atoms with E-state index in [1.54, 1.807) is 0 Å². The van der Waals surface area contributed by atoms with Gasteiger partial charge in [0.1, 0.15) is 11.2 Å². The van der Waals surface area contributed by atoms with Gasteiger partial charge in [0.2, 0.25) is 0 Å². The highest BCUT2D eigenvalue weighted by molar-refractivity contribution is 6.12. The molecule has 0 atom stereocenters. The van der Waals surface area contributed by atoms with Crippen molar-refractivity contribution in [3.05, 3.63) is 243 Å². The molecule has 0 saturated heterocycles. The Morgan fingerprint density at radius 3 is 1.37 bits per heavy atom. The molecular formula is C60H40N2O. The van der Waals surface area contributed by atoms with Crippen LogP contribution in [0.2, 0.25) is 0 Å². The first-order chi connectivity index (χ1) is 31.3. The smallest absolute Gasteiger partial charge is 0.143 e. The minimum absolute atomic E-state index is 0.874. The monoisotopic (exact) mass is 804 g/mol. The topological polar surface area (TPSA) is 21.3 Å². The summed E-state index contributed by atoms with van der Waals surface area (Å²) in [5.41, 5.74) is 17.3. The standard InChI is InChI=1S/C60H40N2O/c1-2-21-41(22-3-1)42-23-4-5-24-43(42)44-25-6-13-34-53(44)61(58-39-18-11-30-49(58)51-32-20-33-52-50-31-12-19-40-59(50)63-60(51)52)54-35-14-7-26-45(54)46-27-8-15-36-55(46)62-56-37-16-9-28-47(56)48-29-10-17-38-57(48)62/h1-40H. The van der Waals surface area contributed by atoms with Gasteiger partial charge in [0.15, 0.2) is 0 Å². The van der Waals surface area contributed by atoms with Gasteiger partial charge in [-0.1, -0.05) is 200 Å². The summed E-state index contributed by atoms with van der Waals surface area (Å²) in [5, 5.41) is 4.68. The highest BCUT2D eigenvalue weighted by Crippen LogP contribution is 2.51. The molecular weight excluding hydrogens is 765 g/mol. The Balaban J connectivity index is 1.15. The van der Waals surface area contributed by atoms with Crippen LogP contribution in [0.25, 0.3) is 93.9 Å². The van der Waals surface area contributed by atoms with E-state index in [2.05, 4.69) is 246 Å². The molecule has 3 nitrogen and oxygen atoms in total. The lowest BCUT2D eigenvalue weighted by Gasteiger charge is -2.32. The molecule has 0 amide bonds. The van der Waals surface area contributed by atoms with Crippen molar-refractivity contribution in [1.82, 2.24) is 4.57 Å². The van der Waals surface area contributed by atoms with Crippen LogP contribution in [0.15, 0.2) is 247 Å². The molecule has 12 aromatic rings. The van der Waals surface area contributed by atoms with Crippen molar-refractivity contribution in [1.29, 1.82) is 0 Å². The van der Waals surface area contributed by atoms with Crippen molar-refractivity contribution in [2.24, 2.45) is 0 Å². The number of anilines is 3. The molecule has 296 valence electrons. The number of rotatable bonds is 8. The van der Waals surface area contributed by atoms with E-state index in [0.717, 1.165) is 78.1 Å². The average molecular weight is 805 g/mol. The third-order valence-corrected chi connectivity index (χ3v) is 12.4. The quantitative estimate of drug-likeness (QED) is 0.153. The Bertz CT molecular complexity index is 3600. The second kappa shape index (κ2) is 15.3. The predicted molar refractivity (Wildman–Crippen MR) is 264 cm³/mol. The number of hydrogen-bond acceptors (Lipinski definition) is 2. The van der Waals surface area contributed by atoms with E-state index in [1.807, 2.05) is 6.07 Å². The Kier molecular flexibility index (Phi) is 8.83. The van der Waals surface area contributed by atoms with E-state index in [9.17, 15) is 0 Å². The molecule has 0 aliphatic heterocycles. The SMILES string of the molecule is c1ccc(-c2ccccc2-c2ccccc2N(c2ccccc2-c2ccccc2-n2c3ccccc3c3ccccc32)c2ccccc2-c2cccc3c2oc2ccccc23)cc1. The highest BCUT2D eigenvalue weighted by atomic mass is 16.3. The van der Waals surface area contributed by atoms with E-state index in [-0.39, 0.29) is 0 Å². The molecule has 0 bridgehead atoms. The molecule has 0 radical (unpaired) electrons. The lowest BCUT2D eigenvalue weighted by molar-refractivity contribution is 0.670. The van der Waals surface area contributed by atoms with E-state index in [4.69, 9.17) is 4.42 Å². The Hall–Kier alpha value is -8.40. The first-order valence-corrected chi connectivity index (χ1v) is 21.5. The summed E-state index contributed by atoms with van der Waals surface area (Å²) in [4.78, 5) is 2.48. The largest absolute Gasteiger partial charge is 0.455 e. The Morgan fingerprint density at radius 1 is 0.286 bits per heavy atom. The van der Waals surface area contributed by atoms with Crippen LogP contribution in [0.5, 0.6) is 0 Å². The summed E-state index contributed by atoms with van der Waals surface area (Å²) in [6, 6.07) is 87.2. The molecule has 63 heavy (non-hydrogen) atoms. The summed E-state index contributed by atoms with van der Waals surface area (Å²) in [5.74, 6) is 0. The zero-order valence-electron chi connectivity index (χ0n) is 34.4. The minimum Gasteiger partial charge on any atom is -0.455 e. The van der Waals surface area contributed by atoms with Gasteiger partial charge in [-0.2, -0.15) is 0 Å². The second-order valence-electron chi connectivity index (χ2n) is 16.0. The van der Waals surface area contributed by atoms with E-state index < -0.39 is 0 Å². The normalized spacial score (nSPS) is 11.5. The zero-order chi connectivity index (χ0) is 41.7. The van der Waals surface area contributed by atoms with Crippen LogP contribution in [0, 0.1) is 0 Å². The van der Waals surface area contributed by atoms with Crippen molar-refractivity contribution in [2.45, 2.75) is 0 Å². The van der Waals surface area contributed by atoms with Gasteiger partial charge in [-0.3, -0.25) is 0 Å². The summed E-state index contributed by atoms with van der Waals surface area (Å²) >= 11 is 0. The van der Waals surface area contributed by atoms with E-state index in [0.29, 0.717) is 0 Å². The van der Waals surface area contributed by atoms with Gasteiger partial charge in [-0.15, -0.1) is 0 Å². The Labute approximate surface area is 366 Å². The fourth-order valence-electron chi connectivity index (χ4n) is 9.70. The van der Waals surface area contributed by atoms with Gasteiger partial charge in [0.25, 0.3) is 0 Å². The number of fused-ring (bicyclic) bond motifs is 6. The number of furan rings is 1. The zero-order valence-corrected chi connectivity index (χ0v) is 34.4. The van der Waals surface area contributed by atoms with Gasteiger partial charge < -0.3 is 13.9 Å². The number of hydrogen-bond donors (Lipinski definition) is 0. The summed E-state index contributed by atoms with van der Waals surface area (Å²) < 4.78 is 9.17. The highest BCUT2D eigenvalue weighted by Gasteiger charge is 2.26. The van der Waals surface area contributed by atoms with E-state index >= 15 is 0 Å². The molecule has 0 aliphatic carbocycles. The van der Waals surface area contributed by atoms with Gasteiger partial charge >= 0.3 is 0 Å². The van der Waals surface area contributed by atoms with Crippen LogP contribution in [0.1, 0.15) is 0 Å². The molecule has 0 fully saturated rings. The molecule has 0 N–H and O–H groups in total. The van der Waals surface area contributed by atoms with Gasteiger partial charge in [0.05, 0.1) is 33.8 Å². The molecule has 0 unspecified atom stereocenters. The van der Waals surface area contributed by atoms with E-state index in [1.165, 1.54) is 32.9 Å². The predicted octanol–water partition coefficient (Wildman–Crippen LogP) is 16.8. The fourth-order valence-corrected chi connectivity index (χ4v) is 9.70. The molecule has 0 saturated carbocycles. The molecule has 0 spiro atoms. The van der Waals surface area contributed by atoms with Crippen molar-refractivity contribution in [2.75, 3.05) is 4.90 Å². The van der Waals surface area contributed by atoms with Gasteiger partial charge in [-0.25, -0.2) is 0 Å². The number of aromatic nitrogens is 1. The lowest BCUT2D eigenvalue weighted by Crippen LogP contribution is -2.14. The van der Waals surface area contributed by atoms with Gasteiger partial charge in [-0.05, 0) is 59.2 Å². The first-order valence-electron chi connectivity index (χ1n) is 21.5. The molecule has 2 aromatic heterocycles. The van der Waals surface area contributed by atoms with Crippen LogP contribution in [0.3, 0.4) is 0 Å². The summed E-state index contributed by atoms with van der Waals surface area (Å²) in [7, 11) is 0. The number of para-hydroxylation sites is 8. The third kappa shape index (κ3) is 6.05. The summed E-state index contributed by atoms with van der Waals surface area (Å²) in [6.07, 6.45) is 0. The third-order valence-electron chi connectivity index (χ3n) is 12.4. The van der Waals surface area contributed by atoms with Gasteiger partial charge in [0, 0.05) is 49.4 Å². The molecule has 0 aliphatic rings. The van der Waals surface area contributed by atoms with Crippen molar-refractivity contribution < 1.29 is 4.42 Å². The van der Waals surface area contributed by atoms with Crippen LogP contribution in [-0.4, -0.2) is 4.57 Å².